The molecule has 1 saturated heterocycles. The Morgan fingerprint density at radius 2 is 1.66 bits per heavy atom. The lowest BCUT2D eigenvalue weighted by atomic mass is 10.0. The van der Waals surface area contributed by atoms with E-state index in [1.54, 1.807) is 6.20 Å². The highest BCUT2D eigenvalue weighted by Gasteiger charge is 2.42. The summed E-state index contributed by atoms with van der Waals surface area (Å²) in [5, 5.41) is 0. The fourth-order valence-corrected chi connectivity index (χ4v) is 3.92. The molecule has 1 aromatic carbocycles. The first-order valence-electron chi connectivity index (χ1n) is 10.1. The van der Waals surface area contributed by atoms with Crippen molar-refractivity contribution in [1.29, 1.82) is 0 Å². The van der Waals surface area contributed by atoms with Crippen molar-refractivity contribution in [1.82, 2.24) is 19.7 Å². The van der Waals surface area contributed by atoms with E-state index in [9.17, 15) is 9.59 Å². The van der Waals surface area contributed by atoms with E-state index in [-0.39, 0.29) is 18.4 Å². The lowest BCUT2D eigenvalue weighted by molar-refractivity contribution is -0.138. The molecule has 1 fully saturated rings. The molecule has 0 N–H and O–H groups in total. The topological polar surface area (TPSA) is 56.8 Å². The van der Waals surface area contributed by atoms with Crippen molar-refractivity contribution in [2.75, 3.05) is 32.7 Å². The molecule has 6 heteroatoms. The number of hydrogen-bond acceptors (Lipinski definition) is 5. The predicted octanol–water partition coefficient (Wildman–Crippen LogP) is 2.31. The Hall–Kier alpha value is -2.99. The Morgan fingerprint density at radius 3 is 2.28 bits per heavy atom. The summed E-state index contributed by atoms with van der Waals surface area (Å²) in [6.07, 6.45) is 1.68. The highest BCUT2D eigenvalue weighted by Crippen LogP contribution is 2.33. The SMILES string of the molecule is CCN1CCN(C2=C(c3ccc(C)cc3)C(=O)N(Cc3ccccn3)C2=O)CC1. The summed E-state index contributed by atoms with van der Waals surface area (Å²) >= 11 is 0. The molecule has 6 nitrogen and oxygen atoms in total. The summed E-state index contributed by atoms with van der Waals surface area (Å²) in [6, 6.07) is 13.4. The number of carbonyl (C=O) groups is 2. The molecule has 0 radical (unpaired) electrons. The minimum atomic E-state index is -0.238. The molecule has 3 heterocycles. The third kappa shape index (κ3) is 3.80. The summed E-state index contributed by atoms with van der Waals surface area (Å²) in [5.41, 5.74) is 3.66. The van der Waals surface area contributed by atoms with Crippen molar-refractivity contribution >= 4 is 17.4 Å². The van der Waals surface area contributed by atoms with E-state index >= 15 is 0 Å². The fraction of sp³-hybridized carbons (Fsp3) is 0.348. The van der Waals surface area contributed by atoms with Crippen LogP contribution in [0.25, 0.3) is 5.57 Å². The molecule has 29 heavy (non-hydrogen) atoms. The van der Waals surface area contributed by atoms with Crippen LogP contribution in [0.1, 0.15) is 23.7 Å². The van der Waals surface area contributed by atoms with Crippen LogP contribution in [0.3, 0.4) is 0 Å². The number of likely N-dealkylation sites (N-methyl/N-ethyl adjacent to an activating group) is 1. The minimum Gasteiger partial charge on any atom is -0.364 e. The van der Waals surface area contributed by atoms with Gasteiger partial charge < -0.3 is 9.80 Å². The third-order valence-corrected chi connectivity index (χ3v) is 5.67. The minimum absolute atomic E-state index is 0.187. The smallest absolute Gasteiger partial charge is 0.278 e. The van der Waals surface area contributed by atoms with E-state index in [2.05, 4.69) is 21.7 Å². The van der Waals surface area contributed by atoms with Gasteiger partial charge in [0.2, 0.25) is 0 Å². The van der Waals surface area contributed by atoms with Gasteiger partial charge in [-0.3, -0.25) is 19.5 Å². The summed E-state index contributed by atoms with van der Waals surface area (Å²) in [4.78, 5) is 36.8. The van der Waals surface area contributed by atoms with Crippen molar-refractivity contribution < 1.29 is 9.59 Å². The predicted molar refractivity (Wildman–Crippen MR) is 112 cm³/mol. The van der Waals surface area contributed by atoms with Gasteiger partial charge in [0, 0.05) is 32.4 Å². The molecule has 2 aliphatic rings. The number of piperazine rings is 1. The van der Waals surface area contributed by atoms with Gasteiger partial charge in [0.25, 0.3) is 11.8 Å². The summed E-state index contributed by atoms with van der Waals surface area (Å²) in [5.74, 6) is -0.460. The molecule has 2 aromatic rings. The van der Waals surface area contributed by atoms with E-state index < -0.39 is 0 Å². The van der Waals surface area contributed by atoms with Crippen LogP contribution in [-0.4, -0.2) is 64.2 Å². The summed E-state index contributed by atoms with van der Waals surface area (Å²) in [6.45, 7) is 8.61. The molecule has 150 valence electrons. The number of amides is 2. The second kappa shape index (κ2) is 8.17. The zero-order valence-corrected chi connectivity index (χ0v) is 17.0. The first-order valence-corrected chi connectivity index (χ1v) is 10.1. The van der Waals surface area contributed by atoms with Crippen molar-refractivity contribution in [3.05, 3.63) is 71.2 Å². The van der Waals surface area contributed by atoms with Crippen LogP contribution < -0.4 is 0 Å². The molecule has 0 aliphatic carbocycles. The Morgan fingerprint density at radius 1 is 0.931 bits per heavy atom. The van der Waals surface area contributed by atoms with Gasteiger partial charge in [0.05, 0.1) is 17.8 Å². The molecule has 0 saturated carbocycles. The largest absolute Gasteiger partial charge is 0.364 e. The maximum atomic E-state index is 13.4. The number of hydrogen-bond donors (Lipinski definition) is 0. The van der Waals surface area contributed by atoms with Crippen molar-refractivity contribution in [2.45, 2.75) is 20.4 Å². The monoisotopic (exact) mass is 390 g/mol. The average molecular weight is 390 g/mol. The molecular weight excluding hydrogens is 364 g/mol. The number of rotatable bonds is 5. The normalized spacial score (nSPS) is 18.1. The second-order valence-electron chi connectivity index (χ2n) is 7.53. The first-order chi connectivity index (χ1) is 14.1. The van der Waals surface area contributed by atoms with Crippen LogP contribution in [0.2, 0.25) is 0 Å². The molecule has 1 aromatic heterocycles. The number of carbonyl (C=O) groups excluding carboxylic acids is 2. The zero-order valence-electron chi connectivity index (χ0n) is 17.0. The highest BCUT2D eigenvalue weighted by atomic mass is 16.2. The molecule has 4 rings (SSSR count). The van der Waals surface area contributed by atoms with E-state index in [4.69, 9.17) is 0 Å². The van der Waals surface area contributed by atoms with E-state index in [1.165, 1.54) is 4.90 Å². The van der Waals surface area contributed by atoms with Crippen LogP contribution in [0.5, 0.6) is 0 Å². The van der Waals surface area contributed by atoms with E-state index in [0.717, 1.165) is 43.9 Å². The maximum Gasteiger partial charge on any atom is 0.278 e. The van der Waals surface area contributed by atoms with Gasteiger partial charge in [-0.1, -0.05) is 42.8 Å². The highest BCUT2D eigenvalue weighted by molar-refractivity contribution is 6.35. The van der Waals surface area contributed by atoms with Gasteiger partial charge in [0.15, 0.2) is 0 Å². The van der Waals surface area contributed by atoms with Crippen LogP contribution in [-0.2, 0) is 16.1 Å². The molecule has 2 amide bonds. The van der Waals surface area contributed by atoms with Crippen LogP contribution in [0.4, 0.5) is 0 Å². The van der Waals surface area contributed by atoms with Gasteiger partial charge in [-0.25, -0.2) is 0 Å². The van der Waals surface area contributed by atoms with Gasteiger partial charge in [-0.2, -0.15) is 0 Å². The van der Waals surface area contributed by atoms with Gasteiger partial charge >= 0.3 is 0 Å². The Balaban J connectivity index is 1.70. The third-order valence-electron chi connectivity index (χ3n) is 5.67. The number of aryl methyl sites for hydroxylation is 1. The molecule has 0 bridgehead atoms. The molecule has 2 aliphatic heterocycles. The lowest BCUT2D eigenvalue weighted by Gasteiger charge is -2.36. The van der Waals surface area contributed by atoms with Crippen molar-refractivity contribution in [3.63, 3.8) is 0 Å². The quantitative estimate of drug-likeness (QED) is 0.734. The van der Waals surface area contributed by atoms with Gasteiger partial charge in [-0.15, -0.1) is 0 Å². The molecule has 0 spiro atoms. The maximum absolute atomic E-state index is 13.4. The number of aromatic nitrogens is 1. The Bertz CT molecular complexity index is 929. The van der Waals surface area contributed by atoms with E-state index in [1.807, 2.05) is 49.4 Å². The van der Waals surface area contributed by atoms with Gasteiger partial charge in [-0.05, 0) is 31.2 Å². The van der Waals surface area contributed by atoms with Crippen LogP contribution >= 0.6 is 0 Å². The fourth-order valence-electron chi connectivity index (χ4n) is 3.92. The van der Waals surface area contributed by atoms with Crippen LogP contribution in [0.15, 0.2) is 54.4 Å². The molecule has 0 unspecified atom stereocenters. The second-order valence-corrected chi connectivity index (χ2v) is 7.53. The first kappa shape index (κ1) is 19.3. The van der Waals surface area contributed by atoms with Crippen LogP contribution in [0, 0.1) is 6.92 Å². The number of nitrogens with zero attached hydrogens (tertiary/aromatic N) is 4. The zero-order chi connectivity index (χ0) is 20.4. The van der Waals surface area contributed by atoms with Crippen molar-refractivity contribution in [3.8, 4) is 0 Å². The van der Waals surface area contributed by atoms with Crippen molar-refractivity contribution in [2.24, 2.45) is 0 Å². The van der Waals surface area contributed by atoms with E-state index in [0.29, 0.717) is 17.0 Å². The summed E-state index contributed by atoms with van der Waals surface area (Å²) in [7, 11) is 0. The van der Waals surface area contributed by atoms with Gasteiger partial charge in [0.1, 0.15) is 5.70 Å². The number of benzene rings is 1. The Kier molecular flexibility index (Phi) is 5.45. The molecule has 0 atom stereocenters. The average Bonchev–Trinajstić information content (AvgIpc) is 3.00. The molecular formula is C23H26N4O2. The lowest BCUT2D eigenvalue weighted by Crippen LogP contribution is -2.47. The number of pyridine rings is 1. The number of imide groups is 1. The summed E-state index contributed by atoms with van der Waals surface area (Å²) < 4.78 is 0. The standard InChI is InChI=1S/C23H26N4O2/c1-3-25-12-14-26(15-13-25)21-20(18-9-7-17(2)8-10-18)22(28)27(23(21)29)16-19-6-4-5-11-24-19/h4-11H,3,12-16H2,1-2H3. The Labute approximate surface area is 171 Å².